The molecule has 0 unspecified atom stereocenters. The van der Waals surface area contributed by atoms with Crippen LogP contribution in [0.5, 0.6) is 0 Å². The predicted octanol–water partition coefficient (Wildman–Crippen LogP) is 4.66. The normalized spacial score (nSPS) is 16.4. The topological polar surface area (TPSA) is 27.0 Å². The van der Waals surface area contributed by atoms with Crippen LogP contribution < -0.4 is 0 Å². The van der Waals surface area contributed by atoms with E-state index in [1.54, 1.807) is 17.8 Å². The summed E-state index contributed by atoms with van der Waals surface area (Å²) in [6.07, 6.45) is 8.22. The highest BCUT2D eigenvalue weighted by molar-refractivity contribution is 9.10. The second-order valence-corrected chi connectivity index (χ2v) is 6.41. The number of nitrogens with zero attached hydrogens (tertiary/aromatic N) is 2. The lowest BCUT2D eigenvalue weighted by atomic mass is 10.1. The maximum absolute atomic E-state index is 8.86. The van der Waals surface area contributed by atoms with Crippen LogP contribution in [0.1, 0.15) is 18.4 Å². The van der Waals surface area contributed by atoms with E-state index in [0.717, 1.165) is 22.5 Å². The molecule has 1 aliphatic rings. The maximum Gasteiger partial charge on any atom is 0.0923 e. The molecule has 1 saturated heterocycles. The van der Waals surface area contributed by atoms with Crippen molar-refractivity contribution < 1.29 is 0 Å². The summed E-state index contributed by atoms with van der Waals surface area (Å²) >= 11 is 5.08. The first kappa shape index (κ1) is 15.2. The molecule has 0 bridgehead atoms. The molecule has 1 heterocycles. The highest BCUT2D eigenvalue weighted by Gasteiger charge is 2.16. The van der Waals surface area contributed by atoms with Gasteiger partial charge in [0, 0.05) is 34.2 Å². The molecule has 0 aliphatic carbocycles. The van der Waals surface area contributed by atoms with E-state index in [0.29, 0.717) is 0 Å². The molecule has 0 spiro atoms. The lowest BCUT2D eigenvalue weighted by Gasteiger charge is -2.22. The summed E-state index contributed by atoms with van der Waals surface area (Å²) in [7, 11) is 0. The summed E-state index contributed by atoms with van der Waals surface area (Å²) in [5.41, 5.74) is 2.42. The second kappa shape index (κ2) is 7.56. The van der Waals surface area contributed by atoms with Crippen molar-refractivity contribution in [3.8, 4) is 6.07 Å². The molecule has 0 N–H and O–H groups in total. The fourth-order valence-electron chi connectivity index (χ4n) is 2.29. The molecule has 1 aliphatic heterocycles. The zero-order valence-electron chi connectivity index (χ0n) is 11.5. The van der Waals surface area contributed by atoms with Crippen LogP contribution in [0.2, 0.25) is 0 Å². The lowest BCUT2D eigenvalue weighted by Crippen LogP contribution is -2.17. The van der Waals surface area contributed by atoms with Crippen molar-refractivity contribution in [2.24, 2.45) is 0 Å². The average molecular weight is 349 g/mol. The number of nitriles is 1. The van der Waals surface area contributed by atoms with E-state index in [2.05, 4.69) is 57.2 Å². The van der Waals surface area contributed by atoms with Crippen LogP contribution in [0.3, 0.4) is 0 Å². The van der Waals surface area contributed by atoms with Crippen molar-refractivity contribution in [2.75, 3.05) is 19.3 Å². The number of likely N-dealkylation sites (tertiary alicyclic amines) is 1. The van der Waals surface area contributed by atoms with Crippen LogP contribution in [-0.2, 0) is 0 Å². The van der Waals surface area contributed by atoms with E-state index in [1.165, 1.54) is 24.1 Å². The quantitative estimate of drug-likeness (QED) is 0.585. The Bertz CT molecular complexity index is 549. The van der Waals surface area contributed by atoms with Gasteiger partial charge in [-0.2, -0.15) is 5.26 Å². The van der Waals surface area contributed by atoms with Gasteiger partial charge in [0.05, 0.1) is 6.07 Å². The molecule has 20 heavy (non-hydrogen) atoms. The SMILES string of the molecule is CSC(=C/C#N)/C=C(\c1ccc(Br)cc1)N1CCCC1. The molecule has 2 nitrogen and oxygen atoms in total. The van der Waals surface area contributed by atoms with Gasteiger partial charge in [0.25, 0.3) is 0 Å². The van der Waals surface area contributed by atoms with E-state index >= 15 is 0 Å². The molecule has 0 radical (unpaired) electrons. The highest BCUT2D eigenvalue weighted by atomic mass is 79.9. The molecular formula is C16H17BrN2S. The van der Waals surface area contributed by atoms with Crippen LogP contribution >= 0.6 is 27.7 Å². The molecule has 1 fully saturated rings. The minimum Gasteiger partial charge on any atom is -0.371 e. The van der Waals surface area contributed by atoms with Crippen molar-refractivity contribution in [1.29, 1.82) is 5.26 Å². The number of benzene rings is 1. The predicted molar refractivity (Wildman–Crippen MR) is 90.1 cm³/mol. The van der Waals surface area contributed by atoms with Gasteiger partial charge in [-0.3, -0.25) is 0 Å². The van der Waals surface area contributed by atoms with Gasteiger partial charge in [-0.05, 0) is 42.9 Å². The Morgan fingerprint density at radius 2 is 1.95 bits per heavy atom. The molecule has 0 aromatic heterocycles. The van der Waals surface area contributed by atoms with Crippen molar-refractivity contribution in [3.05, 3.63) is 51.4 Å². The molecule has 0 amide bonds. The number of hydrogen-bond acceptors (Lipinski definition) is 3. The summed E-state index contributed by atoms with van der Waals surface area (Å²) in [6.45, 7) is 2.19. The van der Waals surface area contributed by atoms with Crippen LogP contribution in [0.25, 0.3) is 5.70 Å². The van der Waals surface area contributed by atoms with Crippen LogP contribution in [0.15, 0.2) is 45.8 Å². The van der Waals surface area contributed by atoms with Crippen molar-refractivity contribution in [1.82, 2.24) is 4.90 Å². The minimum atomic E-state index is 0.998. The Labute approximate surface area is 133 Å². The summed E-state index contributed by atoms with van der Waals surface area (Å²) in [4.78, 5) is 3.40. The Hall–Kier alpha value is -1.18. The van der Waals surface area contributed by atoms with Gasteiger partial charge in [0.15, 0.2) is 0 Å². The van der Waals surface area contributed by atoms with Crippen LogP contribution in [0.4, 0.5) is 0 Å². The monoisotopic (exact) mass is 348 g/mol. The van der Waals surface area contributed by atoms with Crippen LogP contribution in [0, 0.1) is 11.3 Å². The zero-order valence-corrected chi connectivity index (χ0v) is 13.9. The molecule has 104 valence electrons. The maximum atomic E-state index is 8.86. The number of halogens is 1. The Balaban J connectivity index is 2.39. The third kappa shape index (κ3) is 3.91. The zero-order chi connectivity index (χ0) is 14.4. The van der Waals surface area contributed by atoms with Gasteiger partial charge >= 0.3 is 0 Å². The number of thioether (sulfide) groups is 1. The molecule has 1 aromatic rings. The van der Waals surface area contributed by atoms with Crippen molar-refractivity contribution >= 4 is 33.4 Å². The Kier molecular flexibility index (Phi) is 5.75. The standard InChI is InChI=1S/C16H17BrN2S/c1-20-15(8-9-18)12-16(19-10-2-3-11-19)13-4-6-14(17)7-5-13/h4-8,12H,2-3,10-11H2,1H3/b15-8+,16-12+. The molecule has 4 heteroatoms. The van der Waals surface area contributed by atoms with E-state index in [1.807, 2.05) is 6.26 Å². The van der Waals surface area contributed by atoms with E-state index in [9.17, 15) is 0 Å². The lowest BCUT2D eigenvalue weighted by molar-refractivity contribution is 0.493. The molecular weight excluding hydrogens is 332 g/mol. The van der Waals surface area contributed by atoms with E-state index < -0.39 is 0 Å². The molecule has 2 rings (SSSR count). The molecule has 1 aromatic carbocycles. The van der Waals surface area contributed by atoms with E-state index in [4.69, 9.17) is 5.26 Å². The summed E-state index contributed by atoms with van der Waals surface area (Å²) in [6, 6.07) is 10.5. The minimum absolute atomic E-state index is 0.998. The molecule has 0 atom stereocenters. The number of rotatable bonds is 4. The third-order valence-electron chi connectivity index (χ3n) is 3.31. The van der Waals surface area contributed by atoms with Gasteiger partial charge in [0.2, 0.25) is 0 Å². The summed E-state index contributed by atoms with van der Waals surface area (Å²) < 4.78 is 1.08. The number of hydrogen-bond donors (Lipinski definition) is 0. The Morgan fingerprint density at radius 3 is 2.50 bits per heavy atom. The fraction of sp³-hybridized carbons (Fsp3) is 0.312. The highest BCUT2D eigenvalue weighted by Crippen LogP contribution is 2.28. The van der Waals surface area contributed by atoms with E-state index in [-0.39, 0.29) is 0 Å². The van der Waals surface area contributed by atoms with Gasteiger partial charge in [-0.25, -0.2) is 0 Å². The van der Waals surface area contributed by atoms with Crippen LogP contribution in [-0.4, -0.2) is 24.2 Å². The van der Waals surface area contributed by atoms with Gasteiger partial charge in [-0.1, -0.05) is 28.1 Å². The second-order valence-electron chi connectivity index (χ2n) is 4.61. The number of allylic oxidation sites excluding steroid dienone is 2. The first-order valence-corrected chi connectivity index (χ1v) is 8.62. The first-order valence-electron chi connectivity index (χ1n) is 6.61. The largest absolute Gasteiger partial charge is 0.371 e. The van der Waals surface area contributed by atoms with Gasteiger partial charge in [0.1, 0.15) is 0 Å². The fourth-order valence-corrected chi connectivity index (χ4v) is 2.96. The van der Waals surface area contributed by atoms with Gasteiger partial charge in [-0.15, -0.1) is 11.8 Å². The van der Waals surface area contributed by atoms with Crippen molar-refractivity contribution in [3.63, 3.8) is 0 Å². The van der Waals surface area contributed by atoms with Crippen molar-refractivity contribution in [2.45, 2.75) is 12.8 Å². The smallest absolute Gasteiger partial charge is 0.0923 e. The Morgan fingerprint density at radius 1 is 1.30 bits per heavy atom. The molecule has 0 saturated carbocycles. The van der Waals surface area contributed by atoms with Gasteiger partial charge < -0.3 is 4.90 Å². The summed E-state index contributed by atoms with van der Waals surface area (Å²) in [5.74, 6) is 0. The third-order valence-corrected chi connectivity index (χ3v) is 4.54. The average Bonchev–Trinajstić information content (AvgIpc) is 2.98. The first-order chi connectivity index (χ1) is 9.74. The summed E-state index contributed by atoms with van der Waals surface area (Å²) in [5, 5.41) is 8.86.